The van der Waals surface area contributed by atoms with Gasteiger partial charge >= 0.3 is 0 Å². The van der Waals surface area contributed by atoms with E-state index in [0.29, 0.717) is 21.6 Å². The highest BCUT2D eigenvalue weighted by molar-refractivity contribution is 6.31. The molecule has 23 heavy (non-hydrogen) atoms. The Balaban J connectivity index is 1.85. The summed E-state index contributed by atoms with van der Waals surface area (Å²) in [5.74, 6) is -2.79. The second kappa shape index (κ2) is 6.18. The summed E-state index contributed by atoms with van der Waals surface area (Å²) < 4.78 is 27.1. The van der Waals surface area contributed by atoms with E-state index in [0.717, 1.165) is 12.1 Å². The molecule has 0 aliphatic rings. The molecule has 7 heteroatoms. The van der Waals surface area contributed by atoms with E-state index in [4.69, 9.17) is 11.6 Å². The number of nitrogens with zero attached hydrogens (tertiary/aromatic N) is 1. The van der Waals surface area contributed by atoms with Gasteiger partial charge < -0.3 is 0 Å². The van der Waals surface area contributed by atoms with Crippen LogP contribution in [0.1, 0.15) is 10.4 Å². The third-order valence-corrected chi connectivity index (χ3v) is 3.44. The molecule has 2 aromatic carbocycles. The van der Waals surface area contributed by atoms with Gasteiger partial charge in [-0.2, -0.15) is 0 Å². The van der Waals surface area contributed by atoms with Crippen molar-refractivity contribution >= 4 is 34.1 Å². The molecular weight excluding hydrogens is 324 g/mol. The van der Waals surface area contributed by atoms with Crippen LogP contribution in [0.3, 0.4) is 0 Å². The van der Waals surface area contributed by atoms with Gasteiger partial charge in [0.15, 0.2) is 0 Å². The molecule has 1 aromatic heterocycles. The minimum Gasteiger partial charge on any atom is -0.298 e. The molecule has 0 aliphatic carbocycles. The number of rotatable bonds is 3. The number of halogens is 3. The van der Waals surface area contributed by atoms with Crippen LogP contribution in [0, 0.1) is 11.6 Å². The largest absolute Gasteiger partial charge is 0.298 e. The summed E-state index contributed by atoms with van der Waals surface area (Å²) >= 11 is 5.90. The summed E-state index contributed by atoms with van der Waals surface area (Å²) in [6.45, 7) is 0. The predicted molar refractivity (Wildman–Crippen MR) is 84.2 cm³/mol. The fourth-order valence-electron chi connectivity index (χ4n) is 2.13. The molecular formula is C16H10ClF2N3O. The Morgan fingerprint density at radius 2 is 1.83 bits per heavy atom. The topological polar surface area (TPSA) is 54.0 Å². The molecule has 1 amide bonds. The van der Waals surface area contributed by atoms with Crippen LogP contribution in [-0.4, -0.2) is 10.9 Å². The van der Waals surface area contributed by atoms with Gasteiger partial charge in [0.2, 0.25) is 0 Å². The first-order chi connectivity index (χ1) is 11.1. The first-order valence-corrected chi connectivity index (χ1v) is 6.98. The van der Waals surface area contributed by atoms with Crippen molar-refractivity contribution in [3.63, 3.8) is 0 Å². The minimum atomic E-state index is -0.935. The molecule has 0 bridgehead atoms. The molecule has 0 unspecified atom stereocenters. The van der Waals surface area contributed by atoms with E-state index >= 15 is 0 Å². The second-order valence-electron chi connectivity index (χ2n) is 4.70. The number of carbonyl (C=O) groups excluding carboxylic acids is 1. The van der Waals surface area contributed by atoms with Gasteiger partial charge in [0.1, 0.15) is 17.2 Å². The van der Waals surface area contributed by atoms with E-state index in [2.05, 4.69) is 15.8 Å². The quantitative estimate of drug-likeness (QED) is 0.714. The number of nitrogens with one attached hydrogen (secondary N) is 2. The van der Waals surface area contributed by atoms with Gasteiger partial charge in [-0.1, -0.05) is 17.7 Å². The van der Waals surface area contributed by atoms with Gasteiger partial charge in [0.25, 0.3) is 5.91 Å². The average molecular weight is 334 g/mol. The number of fused-ring (bicyclic) bond motifs is 1. The van der Waals surface area contributed by atoms with E-state index in [1.54, 1.807) is 24.3 Å². The average Bonchev–Trinajstić information content (AvgIpc) is 2.52. The first kappa shape index (κ1) is 15.2. The summed E-state index contributed by atoms with van der Waals surface area (Å²) in [4.78, 5) is 16.1. The number of amides is 1. The summed E-state index contributed by atoms with van der Waals surface area (Å²) in [7, 11) is 0. The smallest absolute Gasteiger partial charge is 0.275 e. The maximum absolute atomic E-state index is 13.6. The van der Waals surface area contributed by atoms with Crippen molar-refractivity contribution in [2.75, 3.05) is 5.43 Å². The number of hydrogen-bond donors (Lipinski definition) is 2. The third kappa shape index (κ3) is 3.07. The molecule has 1 heterocycles. The summed E-state index contributed by atoms with van der Waals surface area (Å²) in [5.41, 5.74) is 5.41. The lowest BCUT2D eigenvalue weighted by atomic mass is 10.2. The zero-order valence-electron chi connectivity index (χ0n) is 11.6. The van der Waals surface area contributed by atoms with Crippen LogP contribution in [-0.2, 0) is 0 Å². The monoisotopic (exact) mass is 333 g/mol. The van der Waals surface area contributed by atoms with Crippen LogP contribution in [0.4, 0.5) is 14.5 Å². The lowest BCUT2D eigenvalue weighted by Crippen LogP contribution is -2.31. The number of pyridine rings is 1. The third-order valence-electron chi connectivity index (χ3n) is 3.21. The highest BCUT2D eigenvalue weighted by Crippen LogP contribution is 2.24. The Morgan fingerprint density at radius 1 is 1.09 bits per heavy atom. The normalized spacial score (nSPS) is 10.6. The molecule has 4 nitrogen and oxygen atoms in total. The van der Waals surface area contributed by atoms with Crippen molar-refractivity contribution in [2.24, 2.45) is 0 Å². The maximum Gasteiger partial charge on any atom is 0.275 e. The Hall–Kier alpha value is -2.73. The van der Waals surface area contributed by atoms with E-state index in [-0.39, 0.29) is 0 Å². The van der Waals surface area contributed by atoms with Gasteiger partial charge in [0, 0.05) is 16.6 Å². The van der Waals surface area contributed by atoms with E-state index in [1.165, 1.54) is 12.3 Å². The van der Waals surface area contributed by atoms with Gasteiger partial charge in [-0.05, 0) is 36.4 Å². The van der Waals surface area contributed by atoms with E-state index < -0.39 is 23.1 Å². The van der Waals surface area contributed by atoms with Gasteiger partial charge in [0.05, 0.1) is 11.2 Å². The fourth-order valence-corrected chi connectivity index (χ4v) is 2.30. The zero-order chi connectivity index (χ0) is 16.4. The van der Waals surface area contributed by atoms with Crippen LogP contribution in [0.15, 0.2) is 48.7 Å². The number of benzene rings is 2. The van der Waals surface area contributed by atoms with Crippen LogP contribution in [0.2, 0.25) is 5.02 Å². The zero-order valence-corrected chi connectivity index (χ0v) is 12.4. The van der Waals surface area contributed by atoms with Crippen molar-refractivity contribution in [3.05, 3.63) is 70.9 Å². The van der Waals surface area contributed by atoms with E-state index in [1.807, 2.05) is 0 Å². The minimum absolute atomic E-state index is 0.525. The number of hydrazine groups is 1. The van der Waals surface area contributed by atoms with Crippen LogP contribution in [0.25, 0.3) is 10.9 Å². The standard InChI is InChI=1S/C16H10ClF2N3O/c17-9-4-5-10-13(6-7-20-14(10)8-9)21-22-16(23)15-11(18)2-1-3-12(15)19/h1-8H,(H,20,21)(H,22,23). The van der Waals surface area contributed by atoms with Crippen molar-refractivity contribution in [3.8, 4) is 0 Å². The number of anilines is 1. The van der Waals surface area contributed by atoms with Crippen LogP contribution >= 0.6 is 11.6 Å². The molecule has 116 valence electrons. The van der Waals surface area contributed by atoms with Gasteiger partial charge in [-0.3, -0.25) is 20.6 Å². The number of aromatic nitrogens is 1. The van der Waals surface area contributed by atoms with Crippen molar-refractivity contribution in [2.45, 2.75) is 0 Å². The van der Waals surface area contributed by atoms with Crippen LogP contribution < -0.4 is 10.9 Å². The van der Waals surface area contributed by atoms with Crippen molar-refractivity contribution in [1.82, 2.24) is 10.4 Å². The fraction of sp³-hybridized carbons (Fsp3) is 0. The Kier molecular flexibility index (Phi) is 4.08. The molecule has 0 spiro atoms. The SMILES string of the molecule is O=C(NNc1ccnc2cc(Cl)ccc12)c1c(F)cccc1F. The maximum atomic E-state index is 13.6. The summed E-state index contributed by atoms with van der Waals surface area (Å²) in [6, 6.07) is 9.91. The molecule has 0 saturated carbocycles. The molecule has 0 saturated heterocycles. The molecule has 0 atom stereocenters. The predicted octanol–water partition coefficient (Wildman–Crippen LogP) is 3.92. The number of hydrogen-bond acceptors (Lipinski definition) is 3. The molecule has 0 aliphatic heterocycles. The summed E-state index contributed by atoms with van der Waals surface area (Å²) in [6.07, 6.45) is 1.52. The Labute approximate surface area is 135 Å². The van der Waals surface area contributed by atoms with Gasteiger partial charge in [-0.15, -0.1) is 0 Å². The Morgan fingerprint density at radius 3 is 2.57 bits per heavy atom. The van der Waals surface area contributed by atoms with E-state index in [9.17, 15) is 13.6 Å². The first-order valence-electron chi connectivity index (χ1n) is 6.61. The van der Waals surface area contributed by atoms with Gasteiger partial charge in [-0.25, -0.2) is 8.78 Å². The molecule has 0 fully saturated rings. The lowest BCUT2D eigenvalue weighted by Gasteiger charge is -2.11. The molecule has 2 N–H and O–H groups in total. The van der Waals surface area contributed by atoms with Crippen molar-refractivity contribution in [1.29, 1.82) is 0 Å². The molecule has 0 radical (unpaired) electrons. The molecule has 3 rings (SSSR count). The molecule has 3 aromatic rings. The second-order valence-corrected chi connectivity index (χ2v) is 5.13. The lowest BCUT2D eigenvalue weighted by molar-refractivity contribution is 0.0954. The van der Waals surface area contributed by atoms with Crippen molar-refractivity contribution < 1.29 is 13.6 Å². The number of carbonyl (C=O) groups is 1. The van der Waals surface area contributed by atoms with Crippen LogP contribution in [0.5, 0.6) is 0 Å². The summed E-state index contributed by atoms with van der Waals surface area (Å²) in [5, 5.41) is 1.23. The highest BCUT2D eigenvalue weighted by Gasteiger charge is 2.16. The Bertz CT molecular complexity index is 881. The highest BCUT2D eigenvalue weighted by atomic mass is 35.5.